The highest BCUT2D eigenvalue weighted by Crippen LogP contribution is 2.69. The van der Waals surface area contributed by atoms with Gasteiger partial charge in [0.05, 0.1) is 17.7 Å². The molecule has 2 aliphatic rings. The fraction of sp³-hybridized carbons (Fsp3) is 0.464. The molecule has 0 heterocycles. The Morgan fingerprint density at radius 2 is 1.97 bits per heavy atom. The quantitative estimate of drug-likeness (QED) is 0.291. The summed E-state index contributed by atoms with van der Waals surface area (Å²) in [6, 6.07) is 8.06. The lowest BCUT2D eigenvalue weighted by Crippen LogP contribution is -2.34. The first-order valence-electron chi connectivity index (χ1n) is 12.0. The molecule has 0 spiro atoms. The van der Waals surface area contributed by atoms with Crippen LogP contribution >= 0.6 is 23.2 Å². The fourth-order valence-corrected chi connectivity index (χ4v) is 6.60. The molecule has 2 aromatic carbocycles. The first-order chi connectivity index (χ1) is 17.0. The minimum Gasteiger partial charge on any atom is -0.506 e. The standard InChI is InChI=1S/C28H31Cl2NO5/c1-27(2)18-7-8-28(27,3)22(10-18)17(14-32)15-36-24-12-20(5-6-21(24)26(34)35-4)31-13-16-9-19(29)11-23(30)25(16)33/h5-6,9,11-12,18,22,31,33H,7-8,10,13,15H2,1-4H3. The number of carbonyl (C=O) groups is 1. The Bertz CT molecular complexity index is 1240. The van der Waals surface area contributed by atoms with Crippen molar-refractivity contribution in [3.63, 3.8) is 0 Å². The normalized spacial score (nSPS) is 23.7. The summed E-state index contributed by atoms with van der Waals surface area (Å²) in [7, 11) is 1.30. The Kier molecular flexibility index (Phi) is 7.34. The van der Waals surface area contributed by atoms with E-state index in [2.05, 4.69) is 32.0 Å². The van der Waals surface area contributed by atoms with Crippen molar-refractivity contribution in [3.8, 4) is 11.5 Å². The number of ether oxygens (including phenoxy) is 2. The van der Waals surface area contributed by atoms with E-state index < -0.39 is 5.97 Å². The molecule has 8 heteroatoms. The molecule has 0 saturated heterocycles. The number of phenols is 1. The number of anilines is 1. The fourth-order valence-electron chi connectivity index (χ4n) is 6.07. The summed E-state index contributed by atoms with van der Waals surface area (Å²) in [4.78, 5) is 24.4. The number of esters is 1. The molecule has 0 aliphatic heterocycles. The SMILES string of the molecule is COC(=O)c1ccc(NCc2cc(Cl)cc(Cl)c2O)cc1OCC(=C=O)C1CC2CCC1(C)C2(C)C. The van der Waals surface area contributed by atoms with E-state index >= 15 is 0 Å². The van der Waals surface area contributed by atoms with Crippen LogP contribution in [-0.4, -0.2) is 30.7 Å². The zero-order chi connectivity index (χ0) is 26.3. The minimum atomic E-state index is -0.541. The van der Waals surface area contributed by atoms with Gasteiger partial charge < -0.3 is 19.9 Å². The highest BCUT2D eigenvalue weighted by molar-refractivity contribution is 6.35. The van der Waals surface area contributed by atoms with Crippen LogP contribution in [0.4, 0.5) is 5.69 Å². The van der Waals surface area contributed by atoms with Crippen LogP contribution < -0.4 is 10.1 Å². The number of benzene rings is 2. The molecule has 36 heavy (non-hydrogen) atoms. The zero-order valence-electron chi connectivity index (χ0n) is 20.9. The summed E-state index contributed by atoms with van der Waals surface area (Å²) in [5, 5.41) is 14.0. The van der Waals surface area contributed by atoms with Gasteiger partial charge in [-0.1, -0.05) is 44.0 Å². The van der Waals surface area contributed by atoms with Gasteiger partial charge in [0, 0.05) is 34.8 Å². The number of nitrogens with one attached hydrogen (secondary N) is 1. The number of carbonyl (C=O) groups excluding carboxylic acids is 2. The van der Waals surface area contributed by atoms with Crippen molar-refractivity contribution in [2.45, 2.75) is 46.6 Å². The summed E-state index contributed by atoms with van der Waals surface area (Å²) in [5.74, 6) is 2.53. The van der Waals surface area contributed by atoms with Crippen molar-refractivity contribution >= 4 is 40.8 Å². The Morgan fingerprint density at radius 3 is 2.58 bits per heavy atom. The molecule has 2 aliphatic carbocycles. The van der Waals surface area contributed by atoms with E-state index in [0.717, 1.165) is 12.8 Å². The van der Waals surface area contributed by atoms with Crippen LogP contribution in [0.15, 0.2) is 35.9 Å². The second kappa shape index (κ2) is 10.0. The number of aromatic hydroxyl groups is 1. The average Bonchev–Trinajstić information content (AvgIpc) is 3.19. The summed E-state index contributed by atoms with van der Waals surface area (Å²) in [6.45, 7) is 7.14. The minimum absolute atomic E-state index is 0.0165. The van der Waals surface area contributed by atoms with E-state index in [1.54, 1.807) is 24.3 Å². The topological polar surface area (TPSA) is 84.9 Å². The van der Waals surface area contributed by atoms with Gasteiger partial charge in [-0.15, -0.1) is 0 Å². The summed E-state index contributed by atoms with van der Waals surface area (Å²) >= 11 is 12.1. The third kappa shape index (κ3) is 4.58. The molecule has 0 radical (unpaired) electrons. The molecule has 4 rings (SSSR count). The van der Waals surface area contributed by atoms with Gasteiger partial charge in [-0.05, 0) is 60.3 Å². The van der Waals surface area contributed by atoms with Crippen molar-refractivity contribution in [2.75, 3.05) is 19.0 Å². The van der Waals surface area contributed by atoms with Gasteiger partial charge in [0.2, 0.25) is 0 Å². The van der Waals surface area contributed by atoms with Gasteiger partial charge in [0.25, 0.3) is 0 Å². The Labute approximate surface area is 221 Å². The van der Waals surface area contributed by atoms with Crippen molar-refractivity contribution in [1.29, 1.82) is 0 Å². The lowest BCUT2D eigenvalue weighted by atomic mass is 9.65. The molecule has 2 saturated carbocycles. The molecule has 3 unspecified atom stereocenters. The smallest absolute Gasteiger partial charge is 0.341 e. The van der Waals surface area contributed by atoms with Crippen LogP contribution in [0.2, 0.25) is 10.0 Å². The molecule has 2 fully saturated rings. The van der Waals surface area contributed by atoms with Crippen LogP contribution in [0, 0.1) is 22.7 Å². The molecule has 2 bridgehead atoms. The van der Waals surface area contributed by atoms with E-state index in [4.69, 9.17) is 32.7 Å². The Balaban J connectivity index is 1.54. The Morgan fingerprint density at radius 1 is 1.22 bits per heavy atom. The number of hydrogen-bond donors (Lipinski definition) is 2. The number of halogens is 2. The molecule has 6 nitrogen and oxygen atoms in total. The van der Waals surface area contributed by atoms with Crippen LogP contribution in [0.1, 0.15) is 56.0 Å². The predicted molar refractivity (Wildman–Crippen MR) is 141 cm³/mol. The molecular formula is C28H31Cl2NO5. The van der Waals surface area contributed by atoms with Gasteiger partial charge in [0.1, 0.15) is 29.6 Å². The molecule has 2 N–H and O–H groups in total. The molecule has 0 aromatic heterocycles. The molecule has 3 atom stereocenters. The van der Waals surface area contributed by atoms with Crippen LogP contribution in [0.5, 0.6) is 11.5 Å². The third-order valence-electron chi connectivity index (χ3n) is 8.71. The van der Waals surface area contributed by atoms with Crippen molar-refractivity contribution < 1.29 is 24.2 Å². The summed E-state index contributed by atoms with van der Waals surface area (Å²) in [5.41, 5.74) is 2.17. The monoisotopic (exact) mass is 531 g/mol. The Hall–Kier alpha value is -2.66. The van der Waals surface area contributed by atoms with Crippen LogP contribution in [0.3, 0.4) is 0 Å². The summed E-state index contributed by atoms with van der Waals surface area (Å²) in [6.07, 6.45) is 3.21. The second-order valence-electron chi connectivity index (χ2n) is 10.5. The number of rotatable bonds is 8. The number of phenolic OH excluding ortho intramolecular Hbond substituents is 1. The van der Waals surface area contributed by atoms with Gasteiger partial charge in [-0.2, -0.15) is 0 Å². The third-order valence-corrected chi connectivity index (χ3v) is 9.21. The van der Waals surface area contributed by atoms with Gasteiger partial charge in [0.15, 0.2) is 0 Å². The lowest BCUT2D eigenvalue weighted by Gasteiger charge is -2.39. The van der Waals surface area contributed by atoms with E-state index in [0.29, 0.717) is 33.5 Å². The number of hydrogen-bond acceptors (Lipinski definition) is 6. The number of methoxy groups -OCH3 is 1. The highest BCUT2D eigenvalue weighted by atomic mass is 35.5. The first-order valence-corrected chi connectivity index (χ1v) is 12.8. The van der Waals surface area contributed by atoms with Crippen molar-refractivity contribution in [1.82, 2.24) is 0 Å². The second-order valence-corrected chi connectivity index (χ2v) is 11.4. The predicted octanol–water partition coefficient (Wildman–Crippen LogP) is 6.70. The molecule has 192 valence electrons. The number of fused-ring (bicyclic) bond motifs is 2. The lowest BCUT2D eigenvalue weighted by molar-refractivity contribution is 0.0596. The van der Waals surface area contributed by atoms with E-state index in [-0.39, 0.29) is 46.2 Å². The van der Waals surface area contributed by atoms with E-state index in [9.17, 15) is 14.7 Å². The zero-order valence-corrected chi connectivity index (χ0v) is 22.4. The molecule has 2 aromatic rings. The van der Waals surface area contributed by atoms with Gasteiger partial charge in [-0.3, -0.25) is 0 Å². The highest BCUT2D eigenvalue weighted by Gasteiger charge is 2.62. The summed E-state index contributed by atoms with van der Waals surface area (Å²) < 4.78 is 11.0. The van der Waals surface area contributed by atoms with Crippen molar-refractivity contribution in [2.24, 2.45) is 22.7 Å². The maximum atomic E-state index is 12.4. The van der Waals surface area contributed by atoms with Gasteiger partial charge in [-0.25, -0.2) is 9.59 Å². The van der Waals surface area contributed by atoms with E-state index in [1.807, 2.05) is 0 Å². The van der Waals surface area contributed by atoms with Crippen LogP contribution in [-0.2, 0) is 16.1 Å². The largest absolute Gasteiger partial charge is 0.506 e. The first kappa shape index (κ1) is 26.4. The van der Waals surface area contributed by atoms with Crippen molar-refractivity contribution in [3.05, 3.63) is 57.1 Å². The molecule has 0 amide bonds. The maximum absolute atomic E-state index is 12.4. The maximum Gasteiger partial charge on any atom is 0.341 e. The van der Waals surface area contributed by atoms with Crippen LogP contribution in [0.25, 0.3) is 0 Å². The van der Waals surface area contributed by atoms with E-state index in [1.165, 1.54) is 19.6 Å². The average molecular weight is 532 g/mol. The molecular weight excluding hydrogens is 501 g/mol. The van der Waals surface area contributed by atoms with Gasteiger partial charge >= 0.3 is 5.97 Å².